The van der Waals surface area contributed by atoms with Gasteiger partial charge in [0.15, 0.2) is 0 Å². The number of anilines is 2. The van der Waals surface area contributed by atoms with Crippen molar-refractivity contribution >= 4 is 22.3 Å². The van der Waals surface area contributed by atoms with Gasteiger partial charge >= 0.3 is 0 Å². The molecule has 0 aliphatic heterocycles. The molecule has 0 radical (unpaired) electrons. The maximum absolute atomic E-state index is 5.84. The highest BCUT2D eigenvalue weighted by molar-refractivity contribution is 5.93. The van der Waals surface area contributed by atoms with Crippen molar-refractivity contribution in [2.45, 2.75) is 13.5 Å². The Morgan fingerprint density at radius 1 is 1.05 bits per heavy atom. The topological polar surface area (TPSA) is 55.0 Å². The van der Waals surface area contributed by atoms with E-state index in [-0.39, 0.29) is 0 Å². The molecule has 0 saturated carbocycles. The third-order valence-electron chi connectivity index (χ3n) is 3.55. The smallest absolute Gasteiger partial charge is 0.0743 e. The van der Waals surface area contributed by atoms with Gasteiger partial charge in [0.2, 0.25) is 0 Å². The van der Waals surface area contributed by atoms with E-state index in [2.05, 4.69) is 21.8 Å². The van der Waals surface area contributed by atoms with Crippen LogP contribution in [0.1, 0.15) is 12.6 Å². The molecule has 2 heterocycles. The summed E-state index contributed by atoms with van der Waals surface area (Å²) in [4.78, 5) is 11.1. The number of hydrogen-bond acceptors (Lipinski definition) is 4. The van der Waals surface area contributed by atoms with Crippen LogP contribution in [-0.4, -0.2) is 16.5 Å². The average Bonchev–Trinajstić information content (AvgIpc) is 2.53. The lowest BCUT2D eigenvalue weighted by molar-refractivity contribution is 0.812. The fraction of sp³-hybridized carbons (Fsp3) is 0.176. The van der Waals surface area contributed by atoms with E-state index in [1.807, 2.05) is 54.9 Å². The maximum Gasteiger partial charge on any atom is 0.0743 e. The highest BCUT2D eigenvalue weighted by Crippen LogP contribution is 2.27. The van der Waals surface area contributed by atoms with E-state index in [4.69, 9.17) is 5.73 Å². The number of nitrogens with zero attached hydrogens (tertiary/aromatic N) is 3. The summed E-state index contributed by atoms with van der Waals surface area (Å²) in [6, 6.07) is 13.9. The van der Waals surface area contributed by atoms with Crippen LogP contribution >= 0.6 is 0 Å². The molecule has 4 nitrogen and oxygen atoms in total. The van der Waals surface area contributed by atoms with Gasteiger partial charge in [-0.15, -0.1) is 0 Å². The van der Waals surface area contributed by atoms with Crippen molar-refractivity contribution < 1.29 is 0 Å². The van der Waals surface area contributed by atoms with Crippen molar-refractivity contribution in [2.24, 2.45) is 0 Å². The molecule has 0 aliphatic rings. The van der Waals surface area contributed by atoms with Crippen LogP contribution in [0.5, 0.6) is 0 Å². The van der Waals surface area contributed by atoms with Crippen LogP contribution < -0.4 is 10.6 Å². The monoisotopic (exact) mass is 278 g/mol. The number of nitrogen functional groups attached to an aromatic ring is 1. The molecule has 0 bridgehead atoms. The fourth-order valence-electron chi connectivity index (χ4n) is 2.48. The third-order valence-corrected chi connectivity index (χ3v) is 3.55. The Bertz CT molecular complexity index is 740. The number of aromatic nitrogens is 2. The van der Waals surface area contributed by atoms with E-state index in [1.165, 1.54) is 0 Å². The molecule has 106 valence electrons. The van der Waals surface area contributed by atoms with Crippen LogP contribution in [0.2, 0.25) is 0 Å². The minimum absolute atomic E-state index is 0.736. The molecular weight excluding hydrogens is 260 g/mol. The first kappa shape index (κ1) is 13.4. The molecule has 21 heavy (non-hydrogen) atoms. The van der Waals surface area contributed by atoms with Crippen LogP contribution in [0.4, 0.5) is 11.4 Å². The highest BCUT2D eigenvalue weighted by Gasteiger charge is 2.10. The molecule has 1 aromatic carbocycles. The molecule has 4 heteroatoms. The second-order valence-electron chi connectivity index (χ2n) is 4.94. The van der Waals surface area contributed by atoms with Crippen LogP contribution in [0.3, 0.4) is 0 Å². The molecule has 0 amide bonds. The van der Waals surface area contributed by atoms with Gasteiger partial charge in [0, 0.05) is 35.7 Å². The zero-order chi connectivity index (χ0) is 14.7. The second-order valence-corrected chi connectivity index (χ2v) is 4.94. The number of pyridine rings is 2. The predicted octanol–water partition coefficient (Wildman–Crippen LogP) is 3.24. The summed E-state index contributed by atoms with van der Waals surface area (Å²) in [5.74, 6) is 0. The Morgan fingerprint density at radius 2 is 1.95 bits per heavy atom. The summed E-state index contributed by atoms with van der Waals surface area (Å²) in [7, 11) is 0. The van der Waals surface area contributed by atoms with Crippen LogP contribution in [0.15, 0.2) is 54.9 Å². The van der Waals surface area contributed by atoms with Crippen molar-refractivity contribution in [3.63, 3.8) is 0 Å². The molecule has 0 saturated heterocycles. The quantitative estimate of drug-likeness (QED) is 0.744. The van der Waals surface area contributed by atoms with Crippen LogP contribution in [-0.2, 0) is 6.54 Å². The van der Waals surface area contributed by atoms with E-state index in [1.54, 1.807) is 0 Å². The van der Waals surface area contributed by atoms with E-state index in [9.17, 15) is 0 Å². The molecule has 2 aromatic heterocycles. The van der Waals surface area contributed by atoms with Crippen molar-refractivity contribution in [2.75, 3.05) is 17.2 Å². The van der Waals surface area contributed by atoms with Crippen molar-refractivity contribution in [1.82, 2.24) is 9.97 Å². The summed E-state index contributed by atoms with van der Waals surface area (Å²) >= 11 is 0. The zero-order valence-corrected chi connectivity index (χ0v) is 12.0. The molecule has 0 unspecified atom stereocenters. The first-order valence-corrected chi connectivity index (χ1v) is 7.07. The summed E-state index contributed by atoms with van der Waals surface area (Å²) in [5.41, 5.74) is 9.72. The summed E-state index contributed by atoms with van der Waals surface area (Å²) in [6.07, 6.45) is 3.66. The van der Waals surface area contributed by atoms with Crippen molar-refractivity contribution in [1.29, 1.82) is 0 Å². The van der Waals surface area contributed by atoms with Crippen molar-refractivity contribution in [3.05, 3.63) is 60.6 Å². The zero-order valence-electron chi connectivity index (χ0n) is 12.0. The third kappa shape index (κ3) is 2.79. The van der Waals surface area contributed by atoms with Gasteiger partial charge in [-0.05, 0) is 43.3 Å². The predicted molar refractivity (Wildman–Crippen MR) is 87.1 cm³/mol. The Kier molecular flexibility index (Phi) is 3.69. The van der Waals surface area contributed by atoms with E-state index in [0.29, 0.717) is 0 Å². The molecular formula is C17H18N4. The SMILES string of the molecule is CCN(Cc1ccccn1)c1ccnc2cc(N)ccc12. The van der Waals surface area contributed by atoms with Gasteiger partial charge in [-0.3, -0.25) is 9.97 Å². The van der Waals surface area contributed by atoms with Crippen LogP contribution in [0.25, 0.3) is 10.9 Å². The van der Waals surface area contributed by atoms with E-state index in [0.717, 1.165) is 41.1 Å². The molecule has 2 N–H and O–H groups in total. The lowest BCUT2D eigenvalue weighted by Crippen LogP contribution is -2.22. The van der Waals surface area contributed by atoms with Gasteiger partial charge in [-0.1, -0.05) is 6.07 Å². The molecule has 3 aromatic rings. The lowest BCUT2D eigenvalue weighted by atomic mass is 10.1. The number of benzene rings is 1. The lowest BCUT2D eigenvalue weighted by Gasteiger charge is -2.24. The largest absolute Gasteiger partial charge is 0.399 e. The standard InChI is InChI=1S/C17H18N4/c1-2-21(12-14-5-3-4-9-19-14)17-8-10-20-16-11-13(18)6-7-15(16)17/h3-11H,2,12,18H2,1H3. The summed E-state index contributed by atoms with van der Waals surface area (Å²) < 4.78 is 0. The van der Waals surface area contributed by atoms with E-state index < -0.39 is 0 Å². The first-order valence-electron chi connectivity index (χ1n) is 7.07. The minimum Gasteiger partial charge on any atom is -0.399 e. The Morgan fingerprint density at radius 3 is 2.71 bits per heavy atom. The Hall–Kier alpha value is -2.62. The highest BCUT2D eigenvalue weighted by atomic mass is 15.1. The summed E-state index contributed by atoms with van der Waals surface area (Å²) in [5, 5.41) is 1.12. The number of hydrogen-bond donors (Lipinski definition) is 1. The molecule has 3 rings (SSSR count). The normalized spacial score (nSPS) is 10.7. The van der Waals surface area contributed by atoms with Gasteiger partial charge < -0.3 is 10.6 Å². The molecule has 0 spiro atoms. The van der Waals surface area contributed by atoms with Gasteiger partial charge in [0.25, 0.3) is 0 Å². The number of nitrogens with two attached hydrogens (primary N) is 1. The first-order chi connectivity index (χ1) is 10.3. The summed E-state index contributed by atoms with van der Waals surface area (Å²) in [6.45, 7) is 3.83. The van der Waals surface area contributed by atoms with E-state index >= 15 is 0 Å². The Balaban J connectivity index is 2.01. The van der Waals surface area contributed by atoms with Gasteiger partial charge in [-0.2, -0.15) is 0 Å². The number of rotatable bonds is 4. The Labute approximate surface area is 124 Å². The number of fused-ring (bicyclic) bond motifs is 1. The van der Waals surface area contributed by atoms with Gasteiger partial charge in [-0.25, -0.2) is 0 Å². The minimum atomic E-state index is 0.736. The van der Waals surface area contributed by atoms with Crippen LogP contribution in [0, 0.1) is 0 Å². The maximum atomic E-state index is 5.84. The van der Waals surface area contributed by atoms with Gasteiger partial charge in [0.1, 0.15) is 0 Å². The molecule has 0 atom stereocenters. The fourth-order valence-corrected chi connectivity index (χ4v) is 2.48. The molecule has 0 fully saturated rings. The average molecular weight is 278 g/mol. The van der Waals surface area contributed by atoms with Gasteiger partial charge in [0.05, 0.1) is 17.8 Å². The van der Waals surface area contributed by atoms with Crippen molar-refractivity contribution in [3.8, 4) is 0 Å². The second kappa shape index (κ2) is 5.79. The molecule has 0 aliphatic carbocycles.